The average Bonchev–Trinajstić information content (AvgIpc) is 2.96. The number of hydrogen-bond donors (Lipinski definition) is 0. The molecule has 0 bridgehead atoms. The molecule has 1 saturated heterocycles. The lowest BCUT2D eigenvalue weighted by molar-refractivity contribution is -0.126. The molecule has 21 heavy (non-hydrogen) atoms. The minimum atomic E-state index is -0.0143. The third-order valence-corrected chi connectivity index (χ3v) is 4.73. The smallest absolute Gasteiger partial charge is 0.272 e. The molecule has 2 aliphatic rings. The summed E-state index contributed by atoms with van der Waals surface area (Å²) in [5.41, 5.74) is 1.36. The Morgan fingerprint density at radius 3 is 2.86 bits per heavy atom. The molecule has 1 aromatic heterocycles. The first-order valence-electron chi connectivity index (χ1n) is 7.94. The lowest BCUT2D eigenvalue weighted by Crippen LogP contribution is -2.44. The van der Waals surface area contributed by atoms with E-state index in [9.17, 15) is 9.59 Å². The van der Waals surface area contributed by atoms with Gasteiger partial charge in [-0.05, 0) is 44.7 Å². The van der Waals surface area contributed by atoms with Crippen LogP contribution < -0.4 is 0 Å². The molecule has 2 heterocycles. The van der Waals surface area contributed by atoms with E-state index in [0.717, 1.165) is 44.3 Å². The minimum absolute atomic E-state index is 0.0143. The van der Waals surface area contributed by atoms with Crippen LogP contribution in [0.4, 0.5) is 0 Å². The second-order valence-corrected chi connectivity index (χ2v) is 6.19. The zero-order chi connectivity index (χ0) is 14.8. The minimum Gasteiger partial charge on any atom is -0.334 e. The van der Waals surface area contributed by atoms with Crippen molar-refractivity contribution in [1.29, 1.82) is 0 Å². The van der Waals surface area contributed by atoms with Crippen molar-refractivity contribution in [2.24, 2.45) is 5.92 Å². The van der Waals surface area contributed by atoms with E-state index in [4.69, 9.17) is 0 Å². The number of likely N-dealkylation sites (tertiary alicyclic amines) is 1. The van der Waals surface area contributed by atoms with Crippen LogP contribution in [0, 0.1) is 12.8 Å². The predicted molar refractivity (Wildman–Crippen MR) is 80.0 cm³/mol. The summed E-state index contributed by atoms with van der Waals surface area (Å²) in [7, 11) is 0. The van der Waals surface area contributed by atoms with Crippen LogP contribution >= 0.6 is 0 Å². The van der Waals surface area contributed by atoms with Crippen molar-refractivity contribution < 1.29 is 9.59 Å². The van der Waals surface area contributed by atoms with Crippen LogP contribution in [0.25, 0.3) is 0 Å². The van der Waals surface area contributed by atoms with Crippen molar-refractivity contribution in [3.63, 3.8) is 0 Å². The first-order chi connectivity index (χ1) is 10.2. The lowest BCUT2D eigenvalue weighted by atomic mass is 9.82. The Morgan fingerprint density at radius 1 is 1.24 bits per heavy atom. The van der Waals surface area contributed by atoms with E-state index >= 15 is 0 Å². The fraction of sp³-hybridized carbons (Fsp3) is 0.588. The van der Waals surface area contributed by atoms with Crippen LogP contribution in [0.2, 0.25) is 0 Å². The highest BCUT2D eigenvalue weighted by atomic mass is 16.2. The maximum absolute atomic E-state index is 12.7. The van der Waals surface area contributed by atoms with Gasteiger partial charge >= 0.3 is 0 Å². The number of aryl methyl sites for hydroxylation is 1. The van der Waals surface area contributed by atoms with E-state index in [1.54, 1.807) is 6.07 Å². The summed E-state index contributed by atoms with van der Waals surface area (Å²) in [5, 5.41) is 0. The molecule has 112 valence electrons. The van der Waals surface area contributed by atoms with Gasteiger partial charge in [0.15, 0.2) is 0 Å². The van der Waals surface area contributed by atoms with Crippen molar-refractivity contribution in [2.75, 3.05) is 6.54 Å². The number of carbonyl (C=O) groups excluding carboxylic acids is 2. The molecule has 0 spiro atoms. The van der Waals surface area contributed by atoms with E-state index in [1.165, 1.54) is 0 Å². The van der Waals surface area contributed by atoms with Gasteiger partial charge in [0.1, 0.15) is 11.5 Å². The fourth-order valence-corrected chi connectivity index (χ4v) is 3.69. The van der Waals surface area contributed by atoms with E-state index in [0.29, 0.717) is 17.9 Å². The number of amides is 1. The molecule has 1 aliphatic heterocycles. The normalized spacial score (nSPS) is 26.1. The molecule has 0 aromatic carbocycles. The predicted octanol–water partition coefficient (Wildman–Crippen LogP) is 2.75. The first kappa shape index (κ1) is 14.2. The molecule has 2 fully saturated rings. The molecule has 0 N–H and O–H groups in total. The van der Waals surface area contributed by atoms with Gasteiger partial charge in [0.25, 0.3) is 5.91 Å². The molecule has 1 amide bonds. The number of carbonyl (C=O) groups is 2. The number of nitrogens with zero attached hydrogens (tertiary/aromatic N) is 2. The quantitative estimate of drug-likeness (QED) is 0.840. The van der Waals surface area contributed by atoms with Crippen molar-refractivity contribution in [3.8, 4) is 0 Å². The Hall–Kier alpha value is -1.71. The Labute approximate surface area is 125 Å². The zero-order valence-electron chi connectivity index (χ0n) is 12.5. The molecule has 1 aromatic rings. The standard InChI is InChI=1S/C17H22N2O2/c1-12-6-4-8-14(18-12)17(21)19-11-5-9-15(19)13-7-2-3-10-16(13)20/h4,6,8,13,15H,2-3,5,7,9-11H2,1H3. The third-order valence-electron chi connectivity index (χ3n) is 4.73. The summed E-state index contributed by atoms with van der Waals surface area (Å²) in [6.07, 6.45) is 5.69. The van der Waals surface area contributed by atoms with Crippen LogP contribution in [-0.2, 0) is 4.79 Å². The van der Waals surface area contributed by atoms with Gasteiger partial charge in [0.05, 0.1) is 0 Å². The third kappa shape index (κ3) is 2.85. The first-order valence-corrected chi connectivity index (χ1v) is 7.94. The summed E-state index contributed by atoms with van der Waals surface area (Å²) in [5.74, 6) is 0.387. The molecule has 4 heteroatoms. The Bertz CT molecular complexity index is 555. The Kier molecular flexibility index (Phi) is 4.04. The highest BCUT2D eigenvalue weighted by molar-refractivity contribution is 5.93. The van der Waals surface area contributed by atoms with Crippen LogP contribution in [0.15, 0.2) is 18.2 Å². The maximum Gasteiger partial charge on any atom is 0.272 e. The number of aromatic nitrogens is 1. The molecular formula is C17H22N2O2. The summed E-state index contributed by atoms with van der Waals surface area (Å²) < 4.78 is 0. The van der Waals surface area contributed by atoms with Crippen LogP contribution in [0.3, 0.4) is 0 Å². The second kappa shape index (κ2) is 5.96. The molecule has 1 saturated carbocycles. The molecule has 2 atom stereocenters. The van der Waals surface area contributed by atoms with Gasteiger partial charge in [-0.3, -0.25) is 9.59 Å². The number of rotatable bonds is 2. The number of ketones is 1. The van der Waals surface area contributed by atoms with Gasteiger partial charge in [0.2, 0.25) is 0 Å². The van der Waals surface area contributed by atoms with Crippen molar-refractivity contribution in [1.82, 2.24) is 9.88 Å². The van der Waals surface area contributed by atoms with E-state index in [2.05, 4.69) is 4.98 Å². The fourth-order valence-electron chi connectivity index (χ4n) is 3.69. The molecule has 0 radical (unpaired) electrons. The Balaban J connectivity index is 1.80. The van der Waals surface area contributed by atoms with Gasteiger partial charge in [-0.1, -0.05) is 12.5 Å². The SMILES string of the molecule is Cc1cccc(C(=O)N2CCCC2C2CCCCC2=O)n1. The van der Waals surface area contributed by atoms with Crippen molar-refractivity contribution in [2.45, 2.75) is 51.5 Å². The molecule has 1 aliphatic carbocycles. The van der Waals surface area contributed by atoms with E-state index in [1.807, 2.05) is 24.0 Å². The number of Topliss-reactive ketones (excluding diaryl/α,β-unsaturated/α-hetero) is 1. The summed E-state index contributed by atoms with van der Waals surface area (Å²) in [4.78, 5) is 31.1. The molecule has 2 unspecified atom stereocenters. The second-order valence-electron chi connectivity index (χ2n) is 6.19. The molecular weight excluding hydrogens is 264 g/mol. The maximum atomic E-state index is 12.7. The highest BCUT2D eigenvalue weighted by Gasteiger charge is 2.39. The topological polar surface area (TPSA) is 50.3 Å². The van der Waals surface area contributed by atoms with Gasteiger partial charge in [-0.25, -0.2) is 4.98 Å². The van der Waals surface area contributed by atoms with Crippen LogP contribution in [-0.4, -0.2) is 34.2 Å². The number of pyridine rings is 1. The summed E-state index contributed by atoms with van der Waals surface area (Å²) in [6.45, 7) is 2.64. The van der Waals surface area contributed by atoms with Crippen LogP contribution in [0.1, 0.15) is 54.7 Å². The van der Waals surface area contributed by atoms with E-state index in [-0.39, 0.29) is 17.9 Å². The van der Waals surface area contributed by atoms with Gasteiger partial charge in [-0.15, -0.1) is 0 Å². The monoisotopic (exact) mass is 286 g/mol. The van der Waals surface area contributed by atoms with Gasteiger partial charge < -0.3 is 4.90 Å². The number of hydrogen-bond acceptors (Lipinski definition) is 3. The zero-order valence-corrected chi connectivity index (χ0v) is 12.5. The molecule has 3 rings (SSSR count). The summed E-state index contributed by atoms with van der Waals surface area (Å²) >= 11 is 0. The molecule has 4 nitrogen and oxygen atoms in total. The lowest BCUT2D eigenvalue weighted by Gasteiger charge is -2.32. The van der Waals surface area contributed by atoms with Crippen LogP contribution in [0.5, 0.6) is 0 Å². The largest absolute Gasteiger partial charge is 0.334 e. The Morgan fingerprint density at radius 2 is 2.10 bits per heavy atom. The highest BCUT2D eigenvalue weighted by Crippen LogP contribution is 2.33. The van der Waals surface area contributed by atoms with Gasteiger partial charge in [-0.2, -0.15) is 0 Å². The van der Waals surface area contributed by atoms with E-state index < -0.39 is 0 Å². The average molecular weight is 286 g/mol. The van der Waals surface area contributed by atoms with Crippen molar-refractivity contribution >= 4 is 11.7 Å². The summed E-state index contributed by atoms with van der Waals surface area (Å²) in [6, 6.07) is 5.62. The van der Waals surface area contributed by atoms with Gasteiger partial charge in [0, 0.05) is 30.6 Å². The van der Waals surface area contributed by atoms with Crippen molar-refractivity contribution in [3.05, 3.63) is 29.6 Å².